The number of cyclic esters (lactones) is 1. The first kappa shape index (κ1) is 5.62. The molecule has 3 nitrogen and oxygen atoms in total. The highest BCUT2D eigenvalue weighted by molar-refractivity contribution is 9.11. The van der Waals surface area contributed by atoms with E-state index in [9.17, 15) is 4.79 Å². The zero-order valence-corrected chi connectivity index (χ0v) is 5.43. The van der Waals surface area contributed by atoms with Gasteiger partial charge in [0.25, 0.3) is 0 Å². The lowest BCUT2D eigenvalue weighted by molar-refractivity contribution is -0.135. The molecule has 4 heteroatoms. The van der Waals surface area contributed by atoms with Crippen LogP contribution >= 0.6 is 15.9 Å². The number of ether oxygens (including phenoxy) is 1. The average Bonchev–Trinajstić information content (AvgIpc) is 1.85. The maximum atomic E-state index is 10.2. The fourth-order valence-electron chi connectivity index (χ4n) is 0.401. The van der Waals surface area contributed by atoms with Gasteiger partial charge >= 0.3 is 5.97 Å². The van der Waals surface area contributed by atoms with Crippen LogP contribution in [0.1, 0.15) is 6.42 Å². The first-order valence-corrected chi connectivity index (χ1v) is 2.78. The summed E-state index contributed by atoms with van der Waals surface area (Å²) < 4.78 is 4.52. The van der Waals surface area contributed by atoms with E-state index in [2.05, 4.69) is 20.7 Å². The van der Waals surface area contributed by atoms with Crippen molar-refractivity contribution in [1.82, 2.24) is 0 Å². The summed E-state index contributed by atoms with van der Waals surface area (Å²) in [6.45, 7) is 0. The molecule has 0 aromatic rings. The highest BCUT2D eigenvalue weighted by atomic mass is 79.9. The van der Waals surface area contributed by atoms with Crippen molar-refractivity contribution in [1.29, 1.82) is 0 Å². The SMILES string of the molecule is O=C1CC(O)=C(Br)O1. The average molecular weight is 179 g/mol. The monoisotopic (exact) mass is 178 g/mol. The number of carbonyl (C=O) groups is 1. The molecule has 1 aliphatic heterocycles. The molecule has 0 fully saturated rings. The molecule has 1 N–H and O–H groups in total. The minimum Gasteiger partial charge on any atom is -0.507 e. The second-order valence-electron chi connectivity index (χ2n) is 1.37. The Labute approximate surface area is 54.1 Å². The molecule has 0 unspecified atom stereocenters. The Morgan fingerprint density at radius 2 is 2.38 bits per heavy atom. The van der Waals surface area contributed by atoms with Crippen LogP contribution < -0.4 is 0 Å². The van der Waals surface area contributed by atoms with Gasteiger partial charge in [0.05, 0.1) is 0 Å². The zero-order valence-electron chi connectivity index (χ0n) is 3.85. The minimum absolute atomic E-state index is 0.0133. The van der Waals surface area contributed by atoms with E-state index in [1.807, 2.05) is 0 Å². The van der Waals surface area contributed by atoms with Gasteiger partial charge in [0.15, 0.2) is 5.76 Å². The summed E-state index contributed by atoms with van der Waals surface area (Å²) in [5, 5.41) is 8.66. The molecule has 0 aromatic carbocycles. The van der Waals surface area contributed by atoms with Gasteiger partial charge in [-0.15, -0.1) is 0 Å². The standard InChI is InChI=1S/C4H3BrO3/c5-4-2(6)1-3(7)8-4/h6H,1H2. The molecule has 0 radical (unpaired) electrons. The summed E-state index contributed by atoms with van der Waals surface area (Å²) in [4.78, 5) is 10.2. The van der Waals surface area contributed by atoms with E-state index in [0.29, 0.717) is 0 Å². The smallest absolute Gasteiger partial charge is 0.319 e. The molecule has 1 rings (SSSR count). The summed E-state index contributed by atoms with van der Waals surface area (Å²) in [5.41, 5.74) is 0. The molecule has 0 saturated carbocycles. The summed E-state index contributed by atoms with van der Waals surface area (Å²) in [6, 6.07) is 0. The Kier molecular flexibility index (Phi) is 1.25. The van der Waals surface area contributed by atoms with Crippen LogP contribution in [0.4, 0.5) is 0 Å². The van der Waals surface area contributed by atoms with Crippen LogP contribution in [0.15, 0.2) is 10.4 Å². The normalized spacial score (nSPS) is 19.4. The van der Waals surface area contributed by atoms with Gasteiger partial charge in [0.1, 0.15) is 6.42 Å². The molecule has 1 aliphatic rings. The van der Waals surface area contributed by atoms with E-state index in [1.165, 1.54) is 0 Å². The van der Waals surface area contributed by atoms with Gasteiger partial charge < -0.3 is 9.84 Å². The fourth-order valence-corrected chi connectivity index (χ4v) is 0.722. The molecule has 0 amide bonds. The van der Waals surface area contributed by atoms with Gasteiger partial charge in [-0.05, 0) is 15.9 Å². The maximum absolute atomic E-state index is 10.2. The first-order valence-electron chi connectivity index (χ1n) is 1.98. The zero-order chi connectivity index (χ0) is 6.15. The van der Waals surface area contributed by atoms with Crippen LogP contribution in [-0.2, 0) is 9.53 Å². The second kappa shape index (κ2) is 1.78. The molecule has 0 saturated heterocycles. The van der Waals surface area contributed by atoms with Crippen molar-refractivity contribution < 1.29 is 14.6 Å². The molecule has 0 bridgehead atoms. The largest absolute Gasteiger partial charge is 0.507 e. The molecule has 8 heavy (non-hydrogen) atoms. The Hall–Kier alpha value is -0.510. The van der Waals surface area contributed by atoms with E-state index >= 15 is 0 Å². The lowest BCUT2D eigenvalue weighted by Crippen LogP contribution is -1.90. The predicted octanol–water partition coefficient (Wildman–Crippen LogP) is 1.06. The molecule has 0 spiro atoms. The van der Waals surface area contributed by atoms with Crippen LogP contribution in [-0.4, -0.2) is 11.1 Å². The summed E-state index contributed by atoms with van der Waals surface area (Å²) in [6.07, 6.45) is -0.0133. The summed E-state index contributed by atoms with van der Waals surface area (Å²) in [7, 11) is 0. The number of esters is 1. The van der Waals surface area contributed by atoms with Crippen molar-refractivity contribution in [3.63, 3.8) is 0 Å². The molecule has 44 valence electrons. The van der Waals surface area contributed by atoms with Gasteiger partial charge in [-0.2, -0.15) is 0 Å². The Morgan fingerprint density at radius 3 is 2.50 bits per heavy atom. The fraction of sp³-hybridized carbons (Fsp3) is 0.250. The third kappa shape index (κ3) is 0.838. The molecule has 1 heterocycles. The Bertz CT molecular complexity index is 145. The number of hydrogen-bond acceptors (Lipinski definition) is 3. The van der Waals surface area contributed by atoms with E-state index in [0.717, 1.165) is 0 Å². The van der Waals surface area contributed by atoms with Crippen molar-refractivity contribution in [2.75, 3.05) is 0 Å². The lowest BCUT2D eigenvalue weighted by Gasteiger charge is -1.85. The molecule has 0 aliphatic carbocycles. The highest BCUT2D eigenvalue weighted by Gasteiger charge is 2.20. The van der Waals surface area contributed by atoms with Crippen molar-refractivity contribution >= 4 is 21.9 Å². The van der Waals surface area contributed by atoms with E-state index < -0.39 is 5.97 Å². The number of halogens is 1. The van der Waals surface area contributed by atoms with E-state index in [4.69, 9.17) is 5.11 Å². The molecule has 0 atom stereocenters. The third-order valence-electron chi connectivity index (χ3n) is 0.742. The number of carbonyl (C=O) groups excluding carboxylic acids is 1. The highest BCUT2D eigenvalue weighted by Crippen LogP contribution is 2.22. The quantitative estimate of drug-likeness (QED) is 0.565. The number of hydrogen-bond donors (Lipinski definition) is 1. The van der Waals surface area contributed by atoms with Crippen molar-refractivity contribution in [2.45, 2.75) is 6.42 Å². The van der Waals surface area contributed by atoms with Gasteiger partial charge in [-0.25, -0.2) is 0 Å². The summed E-state index contributed by atoms with van der Waals surface area (Å²) in [5.74, 6) is -0.454. The molecular weight excluding hydrogens is 176 g/mol. The Morgan fingerprint density at radius 1 is 1.75 bits per heavy atom. The topological polar surface area (TPSA) is 46.5 Å². The first-order chi connectivity index (χ1) is 3.70. The maximum Gasteiger partial charge on any atom is 0.319 e. The van der Waals surface area contributed by atoms with Crippen molar-refractivity contribution in [3.8, 4) is 0 Å². The van der Waals surface area contributed by atoms with Gasteiger partial charge in [0, 0.05) is 0 Å². The minimum atomic E-state index is -0.422. The van der Waals surface area contributed by atoms with Crippen LogP contribution in [0, 0.1) is 0 Å². The van der Waals surface area contributed by atoms with Crippen molar-refractivity contribution in [3.05, 3.63) is 10.4 Å². The number of rotatable bonds is 0. The van der Waals surface area contributed by atoms with E-state index in [-0.39, 0.29) is 16.8 Å². The van der Waals surface area contributed by atoms with Crippen LogP contribution in [0.5, 0.6) is 0 Å². The molecule has 0 aromatic heterocycles. The predicted molar refractivity (Wildman–Crippen MR) is 29.3 cm³/mol. The van der Waals surface area contributed by atoms with Crippen LogP contribution in [0.25, 0.3) is 0 Å². The number of aliphatic hydroxyl groups excluding tert-OH is 1. The van der Waals surface area contributed by atoms with Gasteiger partial charge in [-0.1, -0.05) is 0 Å². The van der Waals surface area contributed by atoms with Crippen molar-refractivity contribution in [2.24, 2.45) is 0 Å². The van der Waals surface area contributed by atoms with Gasteiger partial charge in [-0.3, -0.25) is 4.79 Å². The lowest BCUT2D eigenvalue weighted by atomic mass is 10.4. The Balaban J connectivity index is 2.73. The molecular formula is C4H3BrO3. The van der Waals surface area contributed by atoms with Crippen LogP contribution in [0.3, 0.4) is 0 Å². The van der Waals surface area contributed by atoms with E-state index in [1.54, 1.807) is 0 Å². The third-order valence-corrected chi connectivity index (χ3v) is 1.36. The van der Waals surface area contributed by atoms with Crippen LogP contribution in [0.2, 0.25) is 0 Å². The summed E-state index contributed by atoms with van der Waals surface area (Å²) >= 11 is 2.83. The van der Waals surface area contributed by atoms with Gasteiger partial charge in [0.2, 0.25) is 4.67 Å². The second-order valence-corrected chi connectivity index (χ2v) is 2.09. The number of aliphatic hydroxyl groups is 1.